The topological polar surface area (TPSA) is 98.1 Å². The minimum absolute atomic E-state index is 0.0138. The highest BCUT2D eigenvalue weighted by atomic mass is 19.1. The van der Waals surface area contributed by atoms with Crippen molar-refractivity contribution in [1.82, 2.24) is 4.98 Å². The van der Waals surface area contributed by atoms with Crippen molar-refractivity contribution in [3.05, 3.63) is 70.7 Å². The van der Waals surface area contributed by atoms with Gasteiger partial charge in [-0.05, 0) is 92.0 Å². The summed E-state index contributed by atoms with van der Waals surface area (Å²) >= 11 is 0. The molecule has 1 aliphatic carbocycles. The molecule has 1 saturated carbocycles. The smallest absolute Gasteiger partial charge is 0.163 e. The monoisotopic (exact) mass is 563 g/mol. The van der Waals surface area contributed by atoms with E-state index in [1.54, 1.807) is 37.3 Å². The van der Waals surface area contributed by atoms with Crippen molar-refractivity contribution in [2.45, 2.75) is 63.9 Å². The van der Waals surface area contributed by atoms with Crippen molar-refractivity contribution in [2.24, 2.45) is 5.92 Å². The van der Waals surface area contributed by atoms with Gasteiger partial charge in [-0.2, -0.15) is 0 Å². The van der Waals surface area contributed by atoms with E-state index in [0.29, 0.717) is 46.4 Å². The SMILES string of the molecule is COc1cc(C(=O)CCC(O)(c2cc3c(c(-c4ccc(F)c(C)c4)n2)OCCC3(C)C)C2CC2)ccc1OCCO. The van der Waals surface area contributed by atoms with Crippen LogP contribution in [0.3, 0.4) is 0 Å². The van der Waals surface area contributed by atoms with Gasteiger partial charge in [0.1, 0.15) is 29.5 Å². The van der Waals surface area contributed by atoms with E-state index in [0.717, 1.165) is 30.4 Å². The van der Waals surface area contributed by atoms with Crippen LogP contribution in [0.15, 0.2) is 42.5 Å². The normalized spacial score (nSPS) is 17.2. The lowest BCUT2D eigenvalue weighted by Crippen LogP contribution is -2.33. The number of carbonyl (C=O) groups is 1. The number of aromatic nitrogens is 1. The molecule has 0 bridgehead atoms. The standard InChI is InChI=1S/C33H38FNO6/c1-20-17-22(5-9-25(20)34)30-31-24(32(2,3)13-15-41-31)19-29(35-30)33(38,23-7-8-23)12-11-26(37)21-6-10-27(40-16-14-36)28(18-21)39-4/h5-6,9-10,17-19,23,36,38H,7-8,11-16H2,1-4H3. The third kappa shape index (κ3) is 5.81. The zero-order valence-electron chi connectivity index (χ0n) is 24.1. The Morgan fingerprint density at radius 3 is 2.63 bits per heavy atom. The molecule has 0 saturated heterocycles. The van der Waals surface area contributed by atoms with E-state index in [9.17, 15) is 14.3 Å². The summed E-state index contributed by atoms with van der Waals surface area (Å²) in [7, 11) is 1.49. The molecule has 5 rings (SSSR count). The van der Waals surface area contributed by atoms with Gasteiger partial charge in [-0.1, -0.05) is 13.8 Å². The van der Waals surface area contributed by atoms with E-state index in [4.69, 9.17) is 24.3 Å². The van der Waals surface area contributed by atoms with E-state index in [-0.39, 0.29) is 49.0 Å². The molecule has 0 radical (unpaired) electrons. The summed E-state index contributed by atoms with van der Waals surface area (Å²) in [5.41, 5.74) is 2.22. The average molecular weight is 564 g/mol. The number of hydrogen-bond acceptors (Lipinski definition) is 7. The molecule has 2 aliphatic rings. The maximum Gasteiger partial charge on any atom is 0.163 e. The van der Waals surface area contributed by atoms with Crippen LogP contribution in [0.2, 0.25) is 0 Å². The third-order valence-corrected chi connectivity index (χ3v) is 8.37. The second kappa shape index (κ2) is 11.4. The van der Waals surface area contributed by atoms with Gasteiger partial charge < -0.3 is 24.4 Å². The fraction of sp³-hybridized carbons (Fsp3) is 0.455. The molecule has 3 aromatic rings. The van der Waals surface area contributed by atoms with Crippen LogP contribution in [-0.2, 0) is 11.0 Å². The molecule has 7 nitrogen and oxygen atoms in total. The minimum atomic E-state index is -1.31. The highest BCUT2D eigenvalue weighted by molar-refractivity contribution is 5.96. The first kappa shape index (κ1) is 29.0. The Bertz CT molecular complexity index is 1450. The van der Waals surface area contributed by atoms with E-state index in [1.807, 2.05) is 6.07 Å². The first-order valence-electron chi connectivity index (χ1n) is 14.2. The first-order chi connectivity index (χ1) is 19.6. The lowest BCUT2D eigenvalue weighted by molar-refractivity contribution is -0.00137. The molecule has 1 fully saturated rings. The van der Waals surface area contributed by atoms with E-state index >= 15 is 0 Å². The molecule has 1 aromatic heterocycles. The number of benzene rings is 2. The number of aliphatic hydroxyl groups is 2. The molecule has 218 valence electrons. The summed E-state index contributed by atoms with van der Waals surface area (Å²) in [4.78, 5) is 18.3. The number of hydrogen-bond donors (Lipinski definition) is 2. The van der Waals surface area contributed by atoms with Gasteiger partial charge >= 0.3 is 0 Å². The van der Waals surface area contributed by atoms with Gasteiger partial charge in [-0.25, -0.2) is 9.37 Å². The van der Waals surface area contributed by atoms with Gasteiger partial charge in [0, 0.05) is 23.1 Å². The number of pyridine rings is 1. The van der Waals surface area contributed by atoms with Crippen molar-refractivity contribution >= 4 is 5.78 Å². The number of aliphatic hydroxyl groups excluding tert-OH is 1. The molecule has 41 heavy (non-hydrogen) atoms. The Morgan fingerprint density at radius 2 is 1.95 bits per heavy atom. The fourth-order valence-electron chi connectivity index (χ4n) is 5.60. The predicted molar refractivity (Wildman–Crippen MR) is 153 cm³/mol. The zero-order valence-corrected chi connectivity index (χ0v) is 24.1. The molecule has 8 heteroatoms. The van der Waals surface area contributed by atoms with Gasteiger partial charge in [0.2, 0.25) is 0 Å². The lowest BCUT2D eigenvalue weighted by Gasteiger charge is -2.36. The predicted octanol–water partition coefficient (Wildman–Crippen LogP) is 5.90. The van der Waals surface area contributed by atoms with Crippen LogP contribution in [0.5, 0.6) is 17.2 Å². The maximum absolute atomic E-state index is 14.2. The molecule has 2 N–H and O–H groups in total. The number of nitrogens with zero attached hydrogens (tertiary/aromatic N) is 1. The Labute approximate surface area is 240 Å². The summed E-state index contributed by atoms with van der Waals surface area (Å²) in [6, 6.07) is 11.8. The van der Waals surface area contributed by atoms with E-state index < -0.39 is 5.60 Å². The number of methoxy groups -OCH3 is 1. The highest BCUT2D eigenvalue weighted by Gasteiger charge is 2.47. The zero-order chi connectivity index (χ0) is 29.4. The summed E-state index contributed by atoms with van der Waals surface area (Å²) < 4.78 is 31.2. The number of fused-ring (bicyclic) bond motifs is 1. The van der Waals surface area contributed by atoms with E-state index in [1.165, 1.54) is 13.2 Å². The lowest BCUT2D eigenvalue weighted by atomic mass is 9.77. The number of ether oxygens (including phenoxy) is 3. The van der Waals surface area contributed by atoms with Crippen LogP contribution >= 0.6 is 0 Å². The summed E-state index contributed by atoms with van der Waals surface area (Å²) in [5.74, 6) is 1.07. The highest BCUT2D eigenvalue weighted by Crippen LogP contribution is 2.51. The second-order valence-corrected chi connectivity index (χ2v) is 11.7. The molecule has 1 aliphatic heterocycles. The van der Waals surface area contributed by atoms with Crippen LogP contribution in [0.25, 0.3) is 11.3 Å². The Balaban J connectivity index is 1.50. The molecular weight excluding hydrogens is 525 g/mol. The molecule has 2 aromatic carbocycles. The minimum Gasteiger partial charge on any atom is -0.493 e. The third-order valence-electron chi connectivity index (χ3n) is 8.37. The Morgan fingerprint density at radius 1 is 1.17 bits per heavy atom. The number of Topliss-reactive ketones (excluding diaryl/α,β-unsaturated/α-hetero) is 1. The molecule has 0 spiro atoms. The Hall–Kier alpha value is -3.49. The summed E-state index contributed by atoms with van der Waals surface area (Å²) in [6.07, 6.45) is 2.82. The number of rotatable bonds is 11. The Kier molecular flexibility index (Phi) is 8.08. The first-order valence-corrected chi connectivity index (χ1v) is 14.2. The van der Waals surface area contributed by atoms with Gasteiger partial charge in [0.15, 0.2) is 17.3 Å². The second-order valence-electron chi connectivity index (χ2n) is 11.7. The average Bonchev–Trinajstić information content (AvgIpc) is 3.82. The largest absolute Gasteiger partial charge is 0.493 e. The number of halogens is 1. The van der Waals surface area contributed by atoms with Crippen molar-refractivity contribution in [3.8, 4) is 28.5 Å². The molecular formula is C33H38FNO6. The van der Waals surface area contributed by atoms with Gasteiger partial charge in [0.05, 0.1) is 26.0 Å². The van der Waals surface area contributed by atoms with Crippen LogP contribution in [0.1, 0.15) is 73.1 Å². The van der Waals surface area contributed by atoms with Crippen LogP contribution in [0.4, 0.5) is 4.39 Å². The molecule has 1 unspecified atom stereocenters. The number of carbonyl (C=O) groups excluding carboxylic acids is 1. The molecule has 2 heterocycles. The van der Waals surface area contributed by atoms with Crippen LogP contribution in [0, 0.1) is 18.7 Å². The number of ketones is 1. The van der Waals surface area contributed by atoms with Gasteiger partial charge in [0.25, 0.3) is 0 Å². The van der Waals surface area contributed by atoms with Crippen molar-refractivity contribution < 1.29 is 33.6 Å². The summed E-state index contributed by atoms with van der Waals surface area (Å²) in [6.45, 7) is 6.55. The van der Waals surface area contributed by atoms with Crippen molar-refractivity contribution in [2.75, 3.05) is 26.9 Å². The van der Waals surface area contributed by atoms with Crippen LogP contribution < -0.4 is 14.2 Å². The summed E-state index contributed by atoms with van der Waals surface area (Å²) in [5, 5.41) is 21.3. The quantitative estimate of drug-likeness (QED) is 0.281. The van der Waals surface area contributed by atoms with E-state index in [2.05, 4.69) is 13.8 Å². The van der Waals surface area contributed by atoms with Crippen molar-refractivity contribution in [3.63, 3.8) is 0 Å². The fourth-order valence-corrected chi connectivity index (χ4v) is 5.60. The molecule has 0 amide bonds. The van der Waals surface area contributed by atoms with Gasteiger partial charge in [-0.15, -0.1) is 0 Å². The van der Waals surface area contributed by atoms with Crippen molar-refractivity contribution in [1.29, 1.82) is 0 Å². The molecule has 1 atom stereocenters. The van der Waals surface area contributed by atoms with Gasteiger partial charge in [-0.3, -0.25) is 4.79 Å². The van der Waals surface area contributed by atoms with Crippen LogP contribution in [-0.4, -0.2) is 47.9 Å². The maximum atomic E-state index is 14.2. The number of aryl methyl sites for hydroxylation is 1.